The van der Waals surface area contributed by atoms with E-state index >= 15 is 0 Å². The molecule has 0 radical (unpaired) electrons. The first-order chi connectivity index (χ1) is 14.0. The van der Waals surface area contributed by atoms with Crippen molar-refractivity contribution in [1.82, 2.24) is 4.90 Å². The van der Waals surface area contributed by atoms with Crippen LogP contribution in [-0.4, -0.2) is 40.1 Å². The molecular weight excluding hydrogens is 368 g/mol. The number of benzene rings is 2. The van der Waals surface area contributed by atoms with E-state index in [1.807, 2.05) is 30.3 Å². The van der Waals surface area contributed by atoms with E-state index in [9.17, 15) is 19.8 Å². The highest BCUT2D eigenvalue weighted by Gasteiger charge is 2.48. The molecule has 1 heterocycles. The van der Waals surface area contributed by atoms with Gasteiger partial charge in [0.1, 0.15) is 0 Å². The van der Waals surface area contributed by atoms with Crippen LogP contribution in [0.15, 0.2) is 66.7 Å². The summed E-state index contributed by atoms with van der Waals surface area (Å²) < 4.78 is 0. The normalized spacial score (nSPS) is 19.1. The lowest BCUT2D eigenvalue weighted by atomic mass is 9.83. The molecule has 1 aliphatic heterocycles. The fraction of sp³-hybridized carbons (Fsp3) is 0.304. The number of hydrogen-bond acceptors (Lipinski definition) is 4. The third-order valence-electron chi connectivity index (χ3n) is 5.25. The van der Waals surface area contributed by atoms with E-state index in [1.165, 1.54) is 0 Å². The first-order valence-corrected chi connectivity index (χ1v) is 9.69. The summed E-state index contributed by atoms with van der Waals surface area (Å²) in [5.74, 6) is -1.11. The summed E-state index contributed by atoms with van der Waals surface area (Å²) in [5.41, 5.74) is 0.471. The highest BCUT2D eigenvalue weighted by Crippen LogP contribution is 2.41. The Kier molecular flexibility index (Phi) is 6.46. The van der Waals surface area contributed by atoms with Crippen molar-refractivity contribution in [1.29, 1.82) is 0 Å². The zero-order chi connectivity index (χ0) is 20.9. The van der Waals surface area contributed by atoms with Gasteiger partial charge in [0.15, 0.2) is 5.60 Å². The van der Waals surface area contributed by atoms with Gasteiger partial charge in [0.05, 0.1) is 6.61 Å². The quantitative estimate of drug-likeness (QED) is 0.600. The molecule has 2 aromatic rings. The van der Waals surface area contributed by atoms with Crippen molar-refractivity contribution in [3.05, 3.63) is 77.9 Å². The highest BCUT2D eigenvalue weighted by atomic mass is 16.3. The highest BCUT2D eigenvalue weighted by molar-refractivity contribution is 6.05. The molecule has 0 aromatic heterocycles. The fourth-order valence-corrected chi connectivity index (χ4v) is 3.57. The second-order valence-corrected chi connectivity index (χ2v) is 7.21. The van der Waals surface area contributed by atoms with Crippen molar-refractivity contribution in [2.45, 2.75) is 25.5 Å². The van der Waals surface area contributed by atoms with Crippen molar-refractivity contribution in [2.75, 3.05) is 18.5 Å². The van der Waals surface area contributed by atoms with Crippen LogP contribution in [0.25, 0.3) is 0 Å². The van der Waals surface area contributed by atoms with E-state index in [0.717, 1.165) is 5.56 Å². The summed E-state index contributed by atoms with van der Waals surface area (Å²) in [5, 5.41) is 23.0. The molecular formula is C23H26N2O4. The molecule has 0 fully saturated rings. The van der Waals surface area contributed by atoms with Crippen LogP contribution in [0.1, 0.15) is 24.5 Å². The van der Waals surface area contributed by atoms with Gasteiger partial charge in [-0.15, -0.1) is 0 Å². The molecule has 2 aromatic carbocycles. The van der Waals surface area contributed by atoms with Gasteiger partial charge in [0.2, 0.25) is 5.91 Å². The smallest absolute Gasteiger partial charge is 0.261 e. The number of nitrogens with zero attached hydrogens (tertiary/aromatic N) is 1. The van der Waals surface area contributed by atoms with E-state index in [-0.39, 0.29) is 25.5 Å². The Hall–Kier alpha value is -2.96. The fourth-order valence-electron chi connectivity index (χ4n) is 3.57. The minimum absolute atomic E-state index is 0.116. The molecule has 6 heteroatoms. The van der Waals surface area contributed by atoms with E-state index in [0.29, 0.717) is 17.8 Å². The average molecular weight is 394 g/mol. The number of aliphatic hydroxyl groups is 2. The molecule has 0 saturated heterocycles. The summed E-state index contributed by atoms with van der Waals surface area (Å²) in [7, 11) is 0. The molecule has 29 heavy (non-hydrogen) atoms. The predicted octanol–water partition coefficient (Wildman–Crippen LogP) is 2.43. The van der Waals surface area contributed by atoms with Gasteiger partial charge in [-0.05, 0) is 11.6 Å². The maximum absolute atomic E-state index is 12.6. The van der Waals surface area contributed by atoms with Gasteiger partial charge in [-0.25, -0.2) is 0 Å². The SMILES string of the molecule is C[C@H](/C=C/CC(=O)N(CCO)Cc1ccccc1)[C@@]1(O)C(=O)Nc2ccccc21. The second-order valence-electron chi connectivity index (χ2n) is 7.21. The van der Waals surface area contributed by atoms with Crippen molar-refractivity contribution in [2.24, 2.45) is 5.92 Å². The van der Waals surface area contributed by atoms with Gasteiger partial charge in [0, 0.05) is 36.7 Å². The summed E-state index contributed by atoms with van der Waals surface area (Å²) in [6.07, 6.45) is 3.49. The molecule has 152 valence electrons. The van der Waals surface area contributed by atoms with Crippen LogP contribution in [0.4, 0.5) is 5.69 Å². The Labute approximate surface area is 170 Å². The molecule has 3 rings (SSSR count). The van der Waals surface area contributed by atoms with Crippen LogP contribution >= 0.6 is 0 Å². The van der Waals surface area contributed by atoms with Gasteiger partial charge >= 0.3 is 0 Å². The van der Waals surface area contributed by atoms with Crippen molar-refractivity contribution in [3.8, 4) is 0 Å². The molecule has 0 aliphatic carbocycles. The third kappa shape index (κ3) is 4.39. The van der Waals surface area contributed by atoms with E-state index < -0.39 is 17.4 Å². The number of carbonyl (C=O) groups is 2. The van der Waals surface area contributed by atoms with Crippen LogP contribution in [-0.2, 0) is 21.7 Å². The number of fused-ring (bicyclic) bond motifs is 1. The predicted molar refractivity (Wildman–Crippen MR) is 111 cm³/mol. The van der Waals surface area contributed by atoms with Crippen LogP contribution in [0, 0.1) is 5.92 Å². The zero-order valence-corrected chi connectivity index (χ0v) is 16.4. The second kappa shape index (κ2) is 9.03. The largest absolute Gasteiger partial charge is 0.395 e. The van der Waals surface area contributed by atoms with Crippen molar-refractivity contribution in [3.63, 3.8) is 0 Å². The Morgan fingerprint density at radius 3 is 2.59 bits per heavy atom. The van der Waals surface area contributed by atoms with Gasteiger partial charge in [-0.3, -0.25) is 9.59 Å². The number of carbonyl (C=O) groups excluding carboxylic acids is 2. The van der Waals surface area contributed by atoms with Crippen LogP contribution in [0.2, 0.25) is 0 Å². The lowest BCUT2D eigenvalue weighted by molar-refractivity contribution is -0.137. The maximum atomic E-state index is 12.6. The number of rotatable bonds is 8. The number of hydrogen-bond donors (Lipinski definition) is 3. The van der Waals surface area contributed by atoms with E-state index in [2.05, 4.69) is 5.32 Å². The average Bonchev–Trinajstić information content (AvgIpc) is 2.99. The Morgan fingerprint density at radius 2 is 1.86 bits per heavy atom. The minimum atomic E-state index is -1.66. The first-order valence-electron chi connectivity index (χ1n) is 9.69. The molecule has 0 bridgehead atoms. The van der Waals surface area contributed by atoms with Crippen LogP contribution in [0.5, 0.6) is 0 Å². The lowest BCUT2D eigenvalue weighted by Crippen LogP contribution is -2.39. The van der Waals surface area contributed by atoms with E-state index in [1.54, 1.807) is 48.2 Å². The summed E-state index contributed by atoms with van der Waals surface area (Å²) >= 11 is 0. The molecule has 6 nitrogen and oxygen atoms in total. The monoisotopic (exact) mass is 394 g/mol. The van der Waals surface area contributed by atoms with Gasteiger partial charge in [-0.2, -0.15) is 0 Å². The molecule has 3 N–H and O–H groups in total. The topological polar surface area (TPSA) is 89.9 Å². The summed E-state index contributed by atoms with van der Waals surface area (Å²) in [4.78, 5) is 26.6. The Bertz CT molecular complexity index is 897. The number of amides is 2. The van der Waals surface area contributed by atoms with E-state index in [4.69, 9.17) is 0 Å². The molecule has 0 unspecified atom stereocenters. The third-order valence-corrected chi connectivity index (χ3v) is 5.25. The maximum Gasteiger partial charge on any atom is 0.261 e. The standard InChI is InChI=1S/C23H26N2O4/c1-17(23(29)19-11-5-6-12-20(19)24-22(23)28)8-7-13-21(27)25(14-15-26)16-18-9-3-2-4-10-18/h2-12,17,26,29H,13-16H2,1H3,(H,24,28)/b8-7+/t17-,23+/m1/s1. The molecule has 0 spiro atoms. The molecule has 2 atom stereocenters. The molecule has 0 saturated carbocycles. The Balaban J connectivity index is 1.66. The van der Waals surface area contributed by atoms with Gasteiger partial charge < -0.3 is 20.4 Å². The first kappa shape index (κ1) is 20.8. The van der Waals surface area contributed by atoms with Gasteiger partial charge in [-0.1, -0.05) is 67.6 Å². The zero-order valence-electron chi connectivity index (χ0n) is 16.4. The van der Waals surface area contributed by atoms with Crippen molar-refractivity contribution >= 4 is 17.5 Å². The minimum Gasteiger partial charge on any atom is -0.395 e. The Morgan fingerprint density at radius 1 is 1.17 bits per heavy atom. The van der Waals surface area contributed by atoms with Gasteiger partial charge in [0.25, 0.3) is 5.91 Å². The van der Waals surface area contributed by atoms with Crippen LogP contribution in [0.3, 0.4) is 0 Å². The molecule has 1 aliphatic rings. The van der Waals surface area contributed by atoms with Crippen LogP contribution < -0.4 is 5.32 Å². The number of anilines is 1. The summed E-state index contributed by atoms with van der Waals surface area (Å²) in [6, 6.07) is 16.6. The number of nitrogens with one attached hydrogen (secondary N) is 1. The number of para-hydroxylation sites is 1. The summed E-state index contributed by atoms with van der Waals surface area (Å²) in [6.45, 7) is 2.30. The van der Waals surface area contributed by atoms with Crippen molar-refractivity contribution < 1.29 is 19.8 Å². The molecule has 2 amide bonds. The number of aliphatic hydroxyl groups excluding tert-OH is 1. The lowest BCUT2D eigenvalue weighted by Gasteiger charge is -2.26.